The van der Waals surface area contributed by atoms with Crippen LogP contribution in [0, 0.1) is 0 Å². The van der Waals surface area contributed by atoms with Crippen molar-refractivity contribution in [2.45, 2.75) is 32.9 Å². The Morgan fingerprint density at radius 2 is 1.65 bits per heavy atom. The molecule has 0 aliphatic heterocycles. The minimum atomic E-state index is -1.12. The maximum Gasteiger partial charge on any atom is 0.329 e. The fourth-order valence-corrected chi connectivity index (χ4v) is 3.36. The Kier molecular flexibility index (Phi) is 13.0. The average molecular weight is 555 g/mol. The van der Waals surface area contributed by atoms with E-state index in [0.717, 1.165) is 0 Å². The van der Waals surface area contributed by atoms with Crippen LogP contribution in [0.5, 0.6) is 5.75 Å². The molecule has 2 rings (SSSR count). The summed E-state index contributed by atoms with van der Waals surface area (Å²) in [5.74, 6) is -1.95. The van der Waals surface area contributed by atoms with Gasteiger partial charge in [-0.25, -0.2) is 4.79 Å². The number of Topliss-reactive ketones (excluding diaryl/α,β-unsaturated/α-hetero) is 3. The van der Waals surface area contributed by atoms with Crippen molar-refractivity contribution in [2.24, 2.45) is 5.11 Å². The summed E-state index contributed by atoms with van der Waals surface area (Å²) >= 11 is 0. The third-order valence-corrected chi connectivity index (χ3v) is 5.37. The smallest absolute Gasteiger partial charge is 0.329 e. The normalized spacial score (nSPS) is 11.2. The zero-order valence-corrected chi connectivity index (χ0v) is 22.1. The SMILES string of the molecule is CC(=O)c1cc(C(C)=O)cc(C(=O)CCCNC(=O)c2cccc(OCC(N=[N+]=[N-])OCCOCC(=O)O)c2)c1. The lowest BCUT2D eigenvalue weighted by Crippen LogP contribution is -2.25. The van der Waals surface area contributed by atoms with Gasteiger partial charge in [-0.1, -0.05) is 11.2 Å². The Morgan fingerprint density at radius 3 is 2.27 bits per heavy atom. The number of carbonyl (C=O) groups excluding carboxylic acids is 4. The molecule has 2 N–H and O–H groups in total. The Hall–Kier alpha value is -4.58. The van der Waals surface area contributed by atoms with Gasteiger partial charge in [-0.15, -0.1) is 0 Å². The second kappa shape index (κ2) is 16.4. The number of azide groups is 1. The van der Waals surface area contributed by atoms with E-state index in [9.17, 15) is 24.0 Å². The van der Waals surface area contributed by atoms with Gasteiger partial charge in [-0.2, -0.15) is 0 Å². The maximum absolute atomic E-state index is 12.6. The topological polar surface area (TPSA) is 194 Å². The van der Waals surface area contributed by atoms with Crippen LogP contribution in [-0.2, 0) is 14.3 Å². The van der Waals surface area contributed by atoms with Gasteiger partial charge in [-0.05, 0) is 62.2 Å². The maximum atomic E-state index is 12.6. The van der Waals surface area contributed by atoms with Gasteiger partial charge in [0.05, 0.1) is 13.2 Å². The lowest BCUT2D eigenvalue weighted by molar-refractivity contribution is -0.143. The van der Waals surface area contributed by atoms with E-state index in [1.807, 2.05) is 0 Å². The molecule has 0 aliphatic carbocycles. The van der Waals surface area contributed by atoms with E-state index in [1.54, 1.807) is 18.2 Å². The van der Waals surface area contributed by atoms with Crippen LogP contribution in [0.2, 0.25) is 0 Å². The van der Waals surface area contributed by atoms with Crippen molar-refractivity contribution < 1.29 is 43.3 Å². The zero-order chi connectivity index (χ0) is 29.5. The third kappa shape index (κ3) is 11.0. The number of amides is 1. The molecule has 2 aromatic rings. The number of hydrogen-bond acceptors (Lipinski definition) is 9. The standard InChI is InChI=1S/C27H30N4O9/c1-17(32)20-11-21(18(2)33)13-22(12-20)24(34)7-4-8-29-27(37)19-5-3-6-23(14-19)40-15-25(30-31-28)39-10-9-38-16-26(35)36/h3,5-6,11-14,25H,4,7-10,15-16H2,1-2H3,(H,29,37)(H,35,36). The summed E-state index contributed by atoms with van der Waals surface area (Å²) in [4.78, 5) is 61.8. The quantitative estimate of drug-likeness (QED) is 0.0909. The van der Waals surface area contributed by atoms with Crippen LogP contribution in [0.25, 0.3) is 10.4 Å². The minimum absolute atomic E-state index is 0.0186. The summed E-state index contributed by atoms with van der Waals surface area (Å²) in [6.45, 7) is 2.25. The Balaban J connectivity index is 1.84. The second-order valence-corrected chi connectivity index (χ2v) is 8.51. The molecule has 1 atom stereocenters. The summed E-state index contributed by atoms with van der Waals surface area (Å²) in [6.07, 6.45) is -0.567. The van der Waals surface area contributed by atoms with Crippen molar-refractivity contribution >= 4 is 29.2 Å². The van der Waals surface area contributed by atoms with Crippen molar-refractivity contribution in [2.75, 3.05) is 33.0 Å². The van der Waals surface area contributed by atoms with Crippen LogP contribution < -0.4 is 10.1 Å². The molecule has 0 fully saturated rings. The second-order valence-electron chi connectivity index (χ2n) is 8.51. The van der Waals surface area contributed by atoms with Crippen molar-refractivity contribution in [3.8, 4) is 5.75 Å². The highest BCUT2D eigenvalue weighted by atomic mass is 16.6. The molecule has 13 nitrogen and oxygen atoms in total. The molecule has 1 unspecified atom stereocenters. The number of carboxylic acids is 1. The molecule has 0 saturated heterocycles. The Morgan fingerprint density at radius 1 is 0.975 bits per heavy atom. The molecule has 13 heteroatoms. The lowest BCUT2D eigenvalue weighted by Gasteiger charge is -2.14. The summed E-state index contributed by atoms with van der Waals surface area (Å²) in [7, 11) is 0. The van der Waals surface area contributed by atoms with Crippen molar-refractivity contribution in [1.82, 2.24) is 5.32 Å². The van der Waals surface area contributed by atoms with Gasteiger partial charge < -0.3 is 24.6 Å². The van der Waals surface area contributed by atoms with Crippen LogP contribution >= 0.6 is 0 Å². The molecule has 0 aromatic heterocycles. The van der Waals surface area contributed by atoms with Crippen LogP contribution in [0.3, 0.4) is 0 Å². The number of aliphatic carboxylic acids is 1. The highest BCUT2D eigenvalue weighted by molar-refractivity contribution is 6.05. The predicted octanol–water partition coefficient (Wildman–Crippen LogP) is 3.62. The average Bonchev–Trinajstić information content (AvgIpc) is 2.93. The van der Waals surface area contributed by atoms with Crippen molar-refractivity contribution in [3.63, 3.8) is 0 Å². The number of nitrogens with zero attached hydrogens (tertiary/aromatic N) is 3. The van der Waals surface area contributed by atoms with Crippen molar-refractivity contribution in [1.29, 1.82) is 0 Å². The number of nitrogens with one attached hydrogen (secondary N) is 1. The van der Waals surface area contributed by atoms with E-state index in [4.69, 9.17) is 24.8 Å². The highest BCUT2D eigenvalue weighted by Crippen LogP contribution is 2.16. The molecule has 1 amide bonds. The molecule has 0 saturated carbocycles. The molecule has 2 aromatic carbocycles. The number of hydrogen-bond donors (Lipinski definition) is 2. The van der Waals surface area contributed by atoms with Crippen LogP contribution in [0.4, 0.5) is 0 Å². The summed E-state index contributed by atoms with van der Waals surface area (Å²) < 4.78 is 15.7. The fourth-order valence-electron chi connectivity index (χ4n) is 3.36. The van der Waals surface area contributed by atoms with E-state index in [1.165, 1.54) is 38.1 Å². The first-order valence-electron chi connectivity index (χ1n) is 12.3. The molecule has 0 spiro atoms. The molecule has 212 valence electrons. The van der Waals surface area contributed by atoms with Gasteiger partial charge in [0, 0.05) is 40.1 Å². The number of ketones is 3. The van der Waals surface area contributed by atoms with Crippen LogP contribution in [-0.4, -0.2) is 73.5 Å². The number of benzene rings is 2. The van der Waals surface area contributed by atoms with Crippen LogP contribution in [0.15, 0.2) is 47.6 Å². The van der Waals surface area contributed by atoms with Gasteiger partial charge in [-0.3, -0.25) is 19.2 Å². The van der Waals surface area contributed by atoms with E-state index < -0.39 is 24.7 Å². The van der Waals surface area contributed by atoms with E-state index in [2.05, 4.69) is 15.3 Å². The zero-order valence-electron chi connectivity index (χ0n) is 22.1. The molecule has 0 heterocycles. The van der Waals surface area contributed by atoms with Crippen molar-refractivity contribution in [3.05, 3.63) is 75.2 Å². The molecule has 40 heavy (non-hydrogen) atoms. The summed E-state index contributed by atoms with van der Waals surface area (Å²) in [5, 5.41) is 14.7. The summed E-state index contributed by atoms with van der Waals surface area (Å²) in [5.41, 5.74) is 9.85. The van der Waals surface area contributed by atoms with E-state index in [-0.39, 0.29) is 66.8 Å². The van der Waals surface area contributed by atoms with Gasteiger partial charge in [0.2, 0.25) is 0 Å². The highest BCUT2D eigenvalue weighted by Gasteiger charge is 2.14. The number of ether oxygens (including phenoxy) is 3. The van der Waals surface area contributed by atoms with Gasteiger partial charge in [0.25, 0.3) is 5.91 Å². The number of carbonyl (C=O) groups is 5. The lowest BCUT2D eigenvalue weighted by atomic mass is 9.97. The predicted molar refractivity (Wildman–Crippen MR) is 142 cm³/mol. The Bertz CT molecular complexity index is 1260. The van der Waals surface area contributed by atoms with Gasteiger partial charge in [0.15, 0.2) is 23.6 Å². The summed E-state index contributed by atoms with van der Waals surface area (Å²) in [6, 6.07) is 10.7. The monoisotopic (exact) mass is 554 g/mol. The first kappa shape index (κ1) is 31.6. The third-order valence-electron chi connectivity index (χ3n) is 5.37. The first-order chi connectivity index (χ1) is 19.1. The van der Waals surface area contributed by atoms with Gasteiger partial charge in [0.1, 0.15) is 19.0 Å². The number of rotatable bonds is 18. The fraction of sp³-hybridized carbons (Fsp3) is 0.370. The molecular weight excluding hydrogens is 524 g/mol. The largest absolute Gasteiger partial charge is 0.491 e. The molecule has 0 aliphatic rings. The minimum Gasteiger partial charge on any atom is -0.491 e. The molecular formula is C27H30N4O9. The van der Waals surface area contributed by atoms with E-state index >= 15 is 0 Å². The van der Waals surface area contributed by atoms with E-state index in [0.29, 0.717) is 17.7 Å². The van der Waals surface area contributed by atoms with Crippen LogP contribution in [0.1, 0.15) is 68.1 Å². The first-order valence-corrected chi connectivity index (χ1v) is 12.3. The number of carboxylic acid groups (broad SMARTS) is 1. The molecule has 0 radical (unpaired) electrons. The van der Waals surface area contributed by atoms with Gasteiger partial charge >= 0.3 is 5.97 Å². The molecule has 0 bridgehead atoms. The Labute approximate surface area is 230 Å².